The van der Waals surface area contributed by atoms with Gasteiger partial charge in [-0.05, 0) is 11.6 Å². The molecule has 3 rings (SSSR count). The Labute approximate surface area is 155 Å². The van der Waals surface area contributed by atoms with Crippen molar-refractivity contribution < 1.29 is 19.2 Å². The summed E-state index contributed by atoms with van der Waals surface area (Å²) in [6, 6.07) is 14.6. The highest BCUT2D eigenvalue weighted by Gasteiger charge is 2.33. The molecule has 0 radical (unpaired) electrons. The number of anilines is 1. The lowest BCUT2D eigenvalue weighted by Crippen LogP contribution is -2.49. The van der Waals surface area contributed by atoms with Crippen molar-refractivity contribution in [1.29, 1.82) is 0 Å². The van der Waals surface area contributed by atoms with Crippen molar-refractivity contribution in [2.24, 2.45) is 0 Å². The van der Waals surface area contributed by atoms with E-state index in [9.17, 15) is 19.7 Å². The highest BCUT2D eigenvalue weighted by molar-refractivity contribution is 5.94. The normalized spacial score (nSPS) is 17.2. The van der Waals surface area contributed by atoms with E-state index in [-0.39, 0.29) is 18.7 Å². The van der Waals surface area contributed by atoms with E-state index in [2.05, 4.69) is 5.32 Å². The zero-order valence-electron chi connectivity index (χ0n) is 14.5. The summed E-state index contributed by atoms with van der Waals surface area (Å²) in [5, 5.41) is 13.5. The first-order valence-corrected chi connectivity index (χ1v) is 8.52. The van der Waals surface area contributed by atoms with Gasteiger partial charge in [-0.1, -0.05) is 36.4 Å². The monoisotopic (exact) mass is 369 g/mol. The second-order valence-corrected chi connectivity index (χ2v) is 6.20. The number of carbonyl (C=O) groups excluding carboxylic acids is 2. The molecular formula is C19H19N3O5. The van der Waals surface area contributed by atoms with Crippen molar-refractivity contribution in [3.63, 3.8) is 0 Å². The molecule has 1 heterocycles. The van der Waals surface area contributed by atoms with Gasteiger partial charge in [0.15, 0.2) is 0 Å². The van der Waals surface area contributed by atoms with Crippen LogP contribution in [0.25, 0.3) is 0 Å². The molecule has 1 aliphatic rings. The van der Waals surface area contributed by atoms with Crippen LogP contribution in [-0.4, -0.2) is 40.9 Å². The molecule has 0 aliphatic carbocycles. The lowest BCUT2D eigenvalue weighted by Gasteiger charge is -2.33. The van der Waals surface area contributed by atoms with Crippen LogP contribution in [0.2, 0.25) is 0 Å². The van der Waals surface area contributed by atoms with Gasteiger partial charge >= 0.3 is 5.97 Å². The number of non-ortho nitro benzene ring substituents is 1. The number of nitro groups is 1. The third kappa shape index (κ3) is 4.89. The van der Waals surface area contributed by atoms with Gasteiger partial charge in [0.1, 0.15) is 12.6 Å². The van der Waals surface area contributed by atoms with E-state index >= 15 is 0 Å². The quantitative estimate of drug-likeness (QED) is 0.476. The predicted octanol–water partition coefficient (Wildman–Crippen LogP) is 2.35. The molecule has 1 amide bonds. The molecule has 1 fully saturated rings. The number of morpholine rings is 1. The summed E-state index contributed by atoms with van der Waals surface area (Å²) in [4.78, 5) is 36.8. The SMILES string of the molecule is O=C(CC1C(=O)OCCN1Cc1ccccc1)Nc1cccc([N+](=O)[O-])c1. The first-order chi connectivity index (χ1) is 13.0. The predicted molar refractivity (Wildman–Crippen MR) is 97.9 cm³/mol. The number of cyclic esters (lactones) is 1. The molecule has 1 aliphatic heterocycles. The van der Waals surface area contributed by atoms with Crippen LogP contribution in [0.15, 0.2) is 54.6 Å². The Bertz CT molecular complexity index is 840. The summed E-state index contributed by atoms with van der Waals surface area (Å²) < 4.78 is 5.11. The van der Waals surface area contributed by atoms with Crippen molar-refractivity contribution in [1.82, 2.24) is 4.90 Å². The van der Waals surface area contributed by atoms with Gasteiger partial charge in [0.2, 0.25) is 5.91 Å². The first kappa shape index (κ1) is 18.5. The third-order valence-electron chi connectivity index (χ3n) is 4.28. The van der Waals surface area contributed by atoms with Gasteiger partial charge in [0, 0.05) is 30.9 Å². The largest absolute Gasteiger partial charge is 0.463 e. The third-order valence-corrected chi connectivity index (χ3v) is 4.28. The fourth-order valence-electron chi connectivity index (χ4n) is 2.97. The van der Waals surface area contributed by atoms with E-state index < -0.39 is 22.8 Å². The number of nitrogens with one attached hydrogen (secondary N) is 1. The van der Waals surface area contributed by atoms with E-state index in [1.165, 1.54) is 18.2 Å². The lowest BCUT2D eigenvalue weighted by molar-refractivity contribution is -0.384. The number of nitro benzene ring substituents is 1. The van der Waals surface area contributed by atoms with Gasteiger partial charge in [-0.25, -0.2) is 0 Å². The Kier molecular flexibility index (Phi) is 5.77. The summed E-state index contributed by atoms with van der Waals surface area (Å²) in [6.07, 6.45) is -0.0889. The van der Waals surface area contributed by atoms with Gasteiger partial charge in [0.25, 0.3) is 5.69 Å². The Morgan fingerprint density at radius 1 is 1.22 bits per heavy atom. The number of hydrogen-bond acceptors (Lipinski definition) is 6. The Morgan fingerprint density at radius 2 is 2.00 bits per heavy atom. The summed E-state index contributed by atoms with van der Waals surface area (Å²) in [5.74, 6) is -0.844. The van der Waals surface area contributed by atoms with Crippen LogP contribution in [-0.2, 0) is 20.9 Å². The molecule has 140 valence electrons. The summed E-state index contributed by atoms with van der Waals surface area (Å²) in [6.45, 7) is 1.36. The first-order valence-electron chi connectivity index (χ1n) is 8.52. The molecule has 8 nitrogen and oxygen atoms in total. The van der Waals surface area contributed by atoms with Crippen LogP contribution in [0, 0.1) is 10.1 Å². The number of amides is 1. The maximum absolute atomic E-state index is 12.4. The number of rotatable bonds is 6. The van der Waals surface area contributed by atoms with E-state index in [0.717, 1.165) is 5.56 Å². The van der Waals surface area contributed by atoms with Crippen LogP contribution in [0.5, 0.6) is 0 Å². The number of ether oxygens (including phenoxy) is 1. The van der Waals surface area contributed by atoms with Gasteiger partial charge < -0.3 is 10.1 Å². The zero-order valence-corrected chi connectivity index (χ0v) is 14.5. The molecular weight excluding hydrogens is 350 g/mol. The van der Waals surface area contributed by atoms with Crippen molar-refractivity contribution in [2.75, 3.05) is 18.5 Å². The molecule has 2 aromatic rings. The molecule has 0 spiro atoms. The molecule has 1 unspecified atom stereocenters. The smallest absolute Gasteiger partial charge is 0.323 e. The highest BCUT2D eigenvalue weighted by atomic mass is 16.6. The van der Waals surface area contributed by atoms with E-state index in [0.29, 0.717) is 18.8 Å². The molecule has 27 heavy (non-hydrogen) atoms. The van der Waals surface area contributed by atoms with Crippen molar-refractivity contribution in [2.45, 2.75) is 19.0 Å². The molecule has 0 aromatic heterocycles. The van der Waals surface area contributed by atoms with Crippen LogP contribution < -0.4 is 5.32 Å². The number of nitrogens with zero attached hydrogens (tertiary/aromatic N) is 2. The van der Waals surface area contributed by atoms with Crippen molar-refractivity contribution >= 4 is 23.3 Å². The Morgan fingerprint density at radius 3 is 2.74 bits per heavy atom. The summed E-state index contributed by atoms with van der Waals surface area (Å²) in [7, 11) is 0. The molecule has 8 heteroatoms. The maximum Gasteiger partial charge on any atom is 0.323 e. The topological polar surface area (TPSA) is 102 Å². The maximum atomic E-state index is 12.4. The molecule has 1 saturated heterocycles. The van der Waals surface area contributed by atoms with Gasteiger partial charge in [-0.15, -0.1) is 0 Å². The number of hydrogen-bond donors (Lipinski definition) is 1. The average Bonchev–Trinajstić information content (AvgIpc) is 2.65. The number of benzene rings is 2. The Hall–Kier alpha value is -3.26. The standard InChI is InChI=1S/C19H19N3O5/c23-18(20-15-7-4-8-16(11-15)22(25)26)12-17-19(24)27-10-9-21(17)13-14-5-2-1-3-6-14/h1-8,11,17H,9-10,12-13H2,(H,20,23). The molecule has 2 aromatic carbocycles. The second-order valence-electron chi connectivity index (χ2n) is 6.20. The minimum absolute atomic E-state index is 0.0889. The highest BCUT2D eigenvalue weighted by Crippen LogP contribution is 2.19. The van der Waals surface area contributed by atoms with Crippen LogP contribution >= 0.6 is 0 Å². The van der Waals surface area contributed by atoms with Crippen molar-refractivity contribution in [3.8, 4) is 0 Å². The fraction of sp³-hybridized carbons (Fsp3) is 0.263. The number of esters is 1. The van der Waals surface area contributed by atoms with E-state index in [1.807, 2.05) is 35.2 Å². The number of carbonyl (C=O) groups is 2. The lowest BCUT2D eigenvalue weighted by atomic mass is 10.1. The summed E-state index contributed by atoms with van der Waals surface area (Å²) in [5.41, 5.74) is 1.24. The summed E-state index contributed by atoms with van der Waals surface area (Å²) >= 11 is 0. The van der Waals surface area contributed by atoms with Gasteiger partial charge in [0.05, 0.1) is 11.3 Å². The second kappa shape index (κ2) is 8.41. The van der Waals surface area contributed by atoms with Crippen LogP contribution in [0.4, 0.5) is 11.4 Å². The van der Waals surface area contributed by atoms with Crippen LogP contribution in [0.3, 0.4) is 0 Å². The van der Waals surface area contributed by atoms with Gasteiger partial charge in [-0.3, -0.25) is 24.6 Å². The molecule has 1 atom stereocenters. The minimum Gasteiger partial charge on any atom is -0.463 e. The minimum atomic E-state index is -0.697. The fourth-order valence-corrected chi connectivity index (χ4v) is 2.97. The Balaban J connectivity index is 1.67. The van der Waals surface area contributed by atoms with Crippen molar-refractivity contribution in [3.05, 3.63) is 70.3 Å². The van der Waals surface area contributed by atoms with Crippen LogP contribution in [0.1, 0.15) is 12.0 Å². The van der Waals surface area contributed by atoms with Gasteiger partial charge in [-0.2, -0.15) is 0 Å². The van der Waals surface area contributed by atoms with E-state index in [4.69, 9.17) is 4.74 Å². The average molecular weight is 369 g/mol. The van der Waals surface area contributed by atoms with E-state index in [1.54, 1.807) is 6.07 Å². The zero-order chi connectivity index (χ0) is 19.2. The molecule has 0 saturated carbocycles. The molecule has 0 bridgehead atoms. The molecule has 1 N–H and O–H groups in total.